The molecule has 0 saturated carbocycles. The topological polar surface area (TPSA) is 124 Å². The highest BCUT2D eigenvalue weighted by molar-refractivity contribution is 6.32. The number of carbonyl (C=O) groups is 1. The minimum atomic E-state index is -0.785. The van der Waals surface area contributed by atoms with Crippen LogP contribution in [0, 0.1) is 0 Å². The number of fused-ring (bicyclic) bond motifs is 2. The fraction of sp³-hybridized carbons (Fsp3) is 0.387. The van der Waals surface area contributed by atoms with Crippen molar-refractivity contribution in [2.45, 2.75) is 44.4 Å². The number of methoxy groups -OCH3 is 1. The average Bonchev–Trinajstić information content (AvgIpc) is 3.54. The Hall–Kier alpha value is -3.86. The van der Waals surface area contributed by atoms with E-state index in [-0.39, 0.29) is 24.1 Å². The van der Waals surface area contributed by atoms with Crippen LogP contribution >= 0.6 is 11.6 Å². The van der Waals surface area contributed by atoms with Crippen molar-refractivity contribution in [3.8, 4) is 22.9 Å². The molecule has 2 aliphatic rings. The predicted molar refractivity (Wildman–Crippen MR) is 160 cm³/mol. The molecule has 0 radical (unpaired) electrons. The van der Waals surface area contributed by atoms with E-state index in [4.69, 9.17) is 26.1 Å². The molecule has 2 aromatic carbocycles. The van der Waals surface area contributed by atoms with Gasteiger partial charge in [0.2, 0.25) is 0 Å². The smallest absolute Gasteiger partial charge is 0.259 e. The molecule has 1 amide bonds. The van der Waals surface area contributed by atoms with Crippen LogP contribution in [0.2, 0.25) is 5.02 Å². The molecule has 1 saturated heterocycles. The Morgan fingerprint density at radius 1 is 1.17 bits per heavy atom. The number of carbonyl (C=O) groups excluding carboxylic acids is 1. The summed E-state index contributed by atoms with van der Waals surface area (Å²) in [5, 5.41) is 11.0. The van der Waals surface area contributed by atoms with Gasteiger partial charge in [-0.15, -0.1) is 0 Å². The fourth-order valence-electron chi connectivity index (χ4n) is 5.87. The largest absolute Gasteiger partial charge is 0.497 e. The zero-order valence-corrected chi connectivity index (χ0v) is 24.4. The maximum absolute atomic E-state index is 13.3. The number of aromatic amines is 2. The first-order valence-corrected chi connectivity index (χ1v) is 14.6. The second-order valence-electron chi connectivity index (χ2n) is 11.1. The van der Waals surface area contributed by atoms with Crippen LogP contribution in [0.3, 0.4) is 0 Å². The number of aryl methyl sites for hydroxylation is 1. The van der Waals surface area contributed by atoms with E-state index < -0.39 is 6.10 Å². The van der Waals surface area contributed by atoms with Crippen molar-refractivity contribution in [3.05, 3.63) is 74.7 Å². The van der Waals surface area contributed by atoms with E-state index in [0.29, 0.717) is 58.4 Å². The van der Waals surface area contributed by atoms with Gasteiger partial charge in [-0.3, -0.25) is 9.59 Å². The molecule has 4 heterocycles. The third kappa shape index (κ3) is 5.62. The maximum atomic E-state index is 13.3. The number of H-pyrrole nitrogens is 2. The lowest BCUT2D eigenvalue weighted by atomic mass is 10.0. The molecule has 0 bridgehead atoms. The summed E-state index contributed by atoms with van der Waals surface area (Å²) in [6, 6.07) is 11.0. The third-order valence-corrected chi connectivity index (χ3v) is 8.56. The van der Waals surface area contributed by atoms with Crippen LogP contribution in [0.15, 0.2) is 47.4 Å². The Morgan fingerprint density at radius 2 is 1.98 bits per heavy atom. The van der Waals surface area contributed by atoms with Gasteiger partial charge < -0.3 is 34.3 Å². The molecule has 42 heavy (non-hydrogen) atoms. The van der Waals surface area contributed by atoms with E-state index >= 15 is 0 Å². The molecule has 0 unspecified atom stereocenters. The van der Waals surface area contributed by atoms with Crippen LogP contribution < -0.4 is 15.0 Å². The van der Waals surface area contributed by atoms with Gasteiger partial charge in [0.25, 0.3) is 11.5 Å². The molecule has 220 valence electrons. The Morgan fingerprint density at radius 3 is 2.74 bits per heavy atom. The minimum absolute atomic E-state index is 0.0450. The normalized spacial score (nSPS) is 16.7. The summed E-state index contributed by atoms with van der Waals surface area (Å²) in [4.78, 5) is 41.3. The van der Waals surface area contributed by atoms with Crippen molar-refractivity contribution in [1.82, 2.24) is 24.8 Å². The Bertz CT molecular complexity index is 1680. The zero-order chi connectivity index (χ0) is 29.4. The van der Waals surface area contributed by atoms with Gasteiger partial charge in [-0.1, -0.05) is 11.6 Å². The van der Waals surface area contributed by atoms with E-state index in [9.17, 15) is 14.7 Å². The van der Waals surface area contributed by atoms with Crippen LogP contribution in [0.25, 0.3) is 22.4 Å². The van der Waals surface area contributed by atoms with E-state index in [1.165, 1.54) is 0 Å². The summed E-state index contributed by atoms with van der Waals surface area (Å²) in [6.45, 7) is 2.62. The van der Waals surface area contributed by atoms with E-state index in [1.54, 1.807) is 31.5 Å². The summed E-state index contributed by atoms with van der Waals surface area (Å²) in [5.41, 5.74) is 3.96. The predicted octanol–water partition coefficient (Wildman–Crippen LogP) is 4.00. The number of aliphatic hydroxyl groups excluding tert-OH is 1. The second-order valence-corrected chi connectivity index (χ2v) is 11.5. The van der Waals surface area contributed by atoms with Crippen LogP contribution in [0.1, 0.15) is 40.7 Å². The number of aliphatic hydroxyl groups is 1. The molecule has 0 spiro atoms. The monoisotopic (exact) mass is 591 g/mol. The van der Waals surface area contributed by atoms with Crippen LogP contribution in [0.5, 0.6) is 11.5 Å². The molecule has 2 aliphatic heterocycles. The van der Waals surface area contributed by atoms with E-state index in [0.717, 1.165) is 42.6 Å². The highest BCUT2D eigenvalue weighted by Gasteiger charge is 2.34. The molecule has 0 aliphatic carbocycles. The minimum Gasteiger partial charge on any atom is -0.497 e. The maximum Gasteiger partial charge on any atom is 0.259 e. The quantitative estimate of drug-likeness (QED) is 0.269. The lowest BCUT2D eigenvalue weighted by Gasteiger charge is -2.34. The summed E-state index contributed by atoms with van der Waals surface area (Å²) in [6.07, 6.45) is 3.55. The standard InChI is InChI=1S/C31H34ClN5O5/c1-36-11-8-20(9-12-36)37-16-19-13-25-26(15-23(19)31(37)40)35-29(34-25)28-18(7-10-33-30(28)39)3-4-21(38)17-42-27-6-5-22(41-2)14-24(27)32/h5-7,10,13-15,20-21,38H,3-4,8-9,11-12,16-17H2,1-2H3,(H,33,39)(H,34,35)/t21-/m1/s1. The molecule has 4 aromatic rings. The number of nitrogens with zero attached hydrogens (tertiary/aromatic N) is 3. The molecule has 3 N–H and O–H groups in total. The number of hydrogen-bond donors (Lipinski definition) is 3. The second kappa shape index (κ2) is 11.8. The highest BCUT2D eigenvalue weighted by atomic mass is 35.5. The molecular formula is C31H34ClN5O5. The Balaban J connectivity index is 1.16. The van der Waals surface area contributed by atoms with Crippen molar-refractivity contribution >= 4 is 28.5 Å². The first kappa shape index (κ1) is 28.3. The number of amides is 1. The van der Waals surface area contributed by atoms with Crippen LogP contribution in [-0.2, 0) is 13.0 Å². The van der Waals surface area contributed by atoms with Crippen LogP contribution in [0.4, 0.5) is 0 Å². The molecular weight excluding hydrogens is 558 g/mol. The molecule has 2 aromatic heterocycles. The van der Waals surface area contributed by atoms with E-state index in [2.05, 4.69) is 21.9 Å². The lowest BCUT2D eigenvalue weighted by molar-refractivity contribution is 0.0617. The highest BCUT2D eigenvalue weighted by Crippen LogP contribution is 2.32. The number of imidazole rings is 1. The number of aromatic nitrogens is 3. The lowest BCUT2D eigenvalue weighted by Crippen LogP contribution is -2.43. The Kier molecular flexibility index (Phi) is 7.94. The fourth-order valence-corrected chi connectivity index (χ4v) is 6.09. The third-order valence-electron chi connectivity index (χ3n) is 8.27. The van der Waals surface area contributed by atoms with E-state index in [1.807, 2.05) is 23.1 Å². The van der Waals surface area contributed by atoms with Crippen molar-refractivity contribution < 1.29 is 19.4 Å². The van der Waals surface area contributed by atoms with Gasteiger partial charge in [-0.25, -0.2) is 4.98 Å². The van der Waals surface area contributed by atoms with Gasteiger partial charge in [0.05, 0.1) is 34.8 Å². The molecule has 1 fully saturated rings. The molecule has 1 atom stereocenters. The number of rotatable bonds is 9. The van der Waals surface area contributed by atoms with Crippen molar-refractivity contribution in [1.29, 1.82) is 0 Å². The summed E-state index contributed by atoms with van der Waals surface area (Å²) in [7, 11) is 3.67. The number of hydrogen-bond acceptors (Lipinski definition) is 7. The molecule has 6 rings (SSSR count). The van der Waals surface area contributed by atoms with Crippen molar-refractivity contribution in [3.63, 3.8) is 0 Å². The van der Waals surface area contributed by atoms with Crippen molar-refractivity contribution in [2.75, 3.05) is 33.9 Å². The average molecular weight is 592 g/mol. The number of ether oxygens (including phenoxy) is 2. The number of piperidine rings is 1. The zero-order valence-electron chi connectivity index (χ0n) is 23.7. The van der Waals surface area contributed by atoms with Gasteiger partial charge in [-0.2, -0.15) is 0 Å². The summed E-state index contributed by atoms with van der Waals surface area (Å²) in [5.74, 6) is 1.55. The number of likely N-dealkylation sites (tertiary alicyclic amines) is 1. The summed E-state index contributed by atoms with van der Waals surface area (Å²) < 4.78 is 10.9. The van der Waals surface area contributed by atoms with Gasteiger partial charge in [0.15, 0.2) is 0 Å². The summed E-state index contributed by atoms with van der Waals surface area (Å²) >= 11 is 6.23. The van der Waals surface area contributed by atoms with Crippen LogP contribution in [-0.4, -0.2) is 81.8 Å². The Labute approximate surface area is 248 Å². The SMILES string of the molecule is COc1ccc(OC[C@H](O)CCc2cc[nH]c(=O)c2-c2nc3cc4c(cc3[nH]2)CN(C2CCN(C)CC2)C4=O)c(Cl)c1. The van der Waals surface area contributed by atoms with Gasteiger partial charge >= 0.3 is 0 Å². The number of pyridine rings is 1. The number of benzene rings is 2. The number of nitrogens with one attached hydrogen (secondary N) is 2. The van der Waals surface area contributed by atoms with Gasteiger partial charge in [-0.05, 0) is 87.3 Å². The first-order chi connectivity index (χ1) is 20.3. The molecule has 11 heteroatoms. The van der Waals surface area contributed by atoms with Gasteiger partial charge in [0.1, 0.15) is 23.9 Å². The first-order valence-electron chi connectivity index (χ1n) is 14.2. The van der Waals surface area contributed by atoms with Gasteiger partial charge in [0, 0.05) is 30.4 Å². The number of halogens is 1. The molecule has 10 nitrogen and oxygen atoms in total. The van der Waals surface area contributed by atoms with Crippen molar-refractivity contribution in [2.24, 2.45) is 0 Å².